The van der Waals surface area contributed by atoms with Crippen LogP contribution in [0.1, 0.15) is 48.8 Å². The van der Waals surface area contributed by atoms with E-state index >= 15 is 0 Å². The van der Waals surface area contributed by atoms with Crippen LogP contribution in [0.2, 0.25) is 0 Å². The van der Waals surface area contributed by atoms with Crippen molar-refractivity contribution in [3.05, 3.63) is 95.5 Å². The van der Waals surface area contributed by atoms with Gasteiger partial charge < -0.3 is 4.90 Å². The van der Waals surface area contributed by atoms with Gasteiger partial charge in [-0.25, -0.2) is 0 Å². The minimum absolute atomic E-state index is 0.565. The largest absolute Gasteiger partial charge is 0.369 e. The molecule has 0 amide bonds. The van der Waals surface area contributed by atoms with Crippen LogP contribution in [0.25, 0.3) is 17.3 Å². The summed E-state index contributed by atoms with van der Waals surface area (Å²) in [7, 11) is 0. The molecule has 3 aromatic rings. The topological polar surface area (TPSA) is 29.0 Å². The van der Waals surface area contributed by atoms with Crippen molar-refractivity contribution in [1.29, 1.82) is 0 Å². The van der Waals surface area contributed by atoms with Crippen molar-refractivity contribution in [2.45, 2.75) is 38.5 Å². The highest BCUT2D eigenvalue weighted by Gasteiger charge is 2.22. The maximum atomic E-state index is 4.86. The number of anilines is 1. The molecule has 31 heavy (non-hydrogen) atoms. The lowest BCUT2D eigenvalue weighted by molar-refractivity contribution is 0.681. The summed E-state index contributed by atoms with van der Waals surface area (Å²) in [6.45, 7) is 4.40. The molecule has 0 radical (unpaired) electrons. The van der Waals surface area contributed by atoms with Crippen LogP contribution in [-0.4, -0.2) is 23.1 Å². The Labute approximate surface area is 185 Å². The van der Waals surface area contributed by atoms with Crippen molar-refractivity contribution in [2.24, 2.45) is 0 Å². The van der Waals surface area contributed by atoms with E-state index in [9.17, 15) is 0 Å². The molecule has 2 aliphatic rings. The Morgan fingerprint density at radius 2 is 1.84 bits per heavy atom. The van der Waals surface area contributed by atoms with Crippen molar-refractivity contribution in [2.75, 3.05) is 18.0 Å². The van der Waals surface area contributed by atoms with Gasteiger partial charge in [0, 0.05) is 37.2 Å². The van der Waals surface area contributed by atoms with Crippen LogP contribution < -0.4 is 4.90 Å². The van der Waals surface area contributed by atoms with E-state index in [0.717, 1.165) is 44.5 Å². The molecular weight excluding hydrogens is 378 g/mol. The average molecular weight is 408 g/mol. The molecule has 1 aliphatic heterocycles. The summed E-state index contributed by atoms with van der Waals surface area (Å²) >= 11 is 0. The van der Waals surface area contributed by atoms with Gasteiger partial charge in [0.05, 0.1) is 11.4 Å². The lowest BCUT2D eigenvalue weighted by atomic mass is 9.85. The number of allylic oxidation sites excluding steroid dienone is 2. The van der Waals surface area contributed by atoms with Crippen LogP contribution in [0.4, 0.5) is 5.69 Å². The van der Waals surface area contributed by atoms with Crippen molar-refractivity contribution >= 4 is 11.8 Å². The molecule has 1 fully saturated rings. The van der Waals surface area contributed by atoms with Crippen LogP contribution in [0, 0.1) is 0 Å². The third-order valence-electron chi connectivity index (χ3n) is 6.61. The molecule has 1 saturated heterocycles. The fraction of sp³-hybridized carbons (Fsp3) is 0.286. The number of aromatic nitrogens is 2. The lowest BCUT2D eigenvalue weighted by Crippen LogP contribution is -2.31. The minimum Gasteiger partial charge on any atom is -0.369 e. The standard InChI is InChI=1S/C28H29N3/c1-21-5-2-7-25-24(21)6-3-8-26(25)28-27(9-4-16-30-28)31-19-14-23(15-20-31)11-10-22-12-17-29-18-13-22/h2-4,6-9,11-13,16-18,21H,5,10,14-15,19-20H2,1H3. The van der Waals surface area contributed by atoms with E-state index in [4.69, 9.17) is 4.98 Å². The predicted octanol–water partition coefficient (Wildman–Crippen LogP) is 6.43. The second kappa shape index (κ2) is 8.89. The fourth-order valence-corrected chi connectivity index (χ4v) is 4.80. The first-order valence-corrected chi connectivity index (χ1v) is 11.4. The Bertz CT molecular complexity index is 1100. The zero-order valence-electron chi connectivity index (χ0n) is 18.2. The van der Waals surface area contributed by atoms with Crippen LogP contribution in [0.5, 0.6) is 0 Å². The molecule has 0 N–H and O–H groups in total. The average Bonchev–Trinajstić information content (AvgIpc) is 2.84. The zero-order valence-corrected chi connectivity index (χ0v) is 18.2. The molecule has 1 aromatic carbocycles. The molecule has 3 heterocycles. The number of pyridine rings is 2. The molecular formula is C28H29N3. The Morgan fingerprint density at radius 3 is 2.68 bits per heavy atom. The van der Waals surface area contributed by atoms with Crippen molar-refractivity contribution < 1.29 is 0 Å². The molecule has 156 valence electrons. The van der Waals surface area contributed by atoms with Gasteiger partial charge in [-0.2, -0.15) is 0 Å². The quantitative estimate of drug-likeness (QED) is 0.466. The summed E-state index contributed by atoms with van der Waals surface area (Å²) in [6.07, 6.45) is 17.0. The van der Waals surface area contributed by atoms with Crippen molar-refractivity contribution in [1.82, 2.24) is 9.97 Å². The van der Waals surface area contributed by atoms with E-state index < -0.39 is 0 Å². The number of hydrogen-bond donors (Lipinski definition) is 0. The highest BCUT2D eigenvalue weighted by Crippen LogP contribution is 2.39. The van der Waals surface area contributed by atoms with E-state index in [-0.39, 0.29) is 0 Å². The third-order valence-corrected chi connectivity index (χ3v) is 6.61. The number of hydrogen-bond acceptors (Lipinski definition) is 3. The van der Waals surface area contributed by atoms with Gasteiger partial charge in [0.25, 0.3) is 0 Å². The maximum absolute atomic E-state index is 4.86. The van der Waals surface area contributed by atoms with Crippen LogP contribution in [0.3, 0.4) is 0 Å². The summed E-state index contributed by atoms with van der Waals surface area (Å²) in [4.78, 5) is 11.5. The molecule has 1 aliphatic carbocycles. The summed E-state index contributed by atoms with van der Waals surface area (Å²) in [5.74, 6) is 0.565. The number of nitrogens with zero attached hydrogens (tertiary/aromatic N) is 3. The lowest BCUT2D eigenvalue weighted by Gasteiger charge is -2.32. The molecule has 0 bridgehead atoms. The molecule has 0 saturated carbocycles. The summed E-state index contributed by atoms with van der Waals surface area (Å²) in [5, 5.41) is 0. The first-order chi connectivity index (χ1) is 15.3. The smallest absolute Gasteiger partial charge is 0.0941 e. The molecule has 3 nitrogen and oxygen atoms in total. The van der Waals surface area contributed by atoms with Gasteiger partial charge in [0.1, 0.15) is 0 Å². The van der Waals surface area contributed by atoms with Crippen molar-refractivity contribution in [3.8, 4) is 11.3 Å². The fourth-order valence-electron chi connectivity index (χ4n) is 4.80. The number of benzene rings is 1. The second-order valence-corrected chi connectivity index (χ2v) is 8.63. The maximum Gasteiger partial charge on any atom is 0.0941 e. The van der Waals surface area contributed by atoms with Gasteiger partial charge in [-0.05, 0) is 72.6 Å². The Kier molecular flexibility index (Phi) is 5.66. The van der Waals surface area contributed by atoms with Crippen LogP contribution in [0.15, 0.2) is 78.8 Å². The SMILES string of the molecule is CC1CC=Cc2c(-c3ncccc3N3CCC(=CCc4ccncc4)CC3)cccc21. The van der Waals surface area contributed by atoms with Gasteiger partial charge in [-0.15, -0.1) is 0 Å². The van der Waals surface area contributed by atoms with E-state index in [2.05, 4.69) is 77.5 Å². The monoisotopic (exact) mass is 407 g/mol. The molecule has 2 aromatic heterocycles. The van der Waals surface area contributed by atoms with Gasteiger partial charge in [0.2, 0.25) is 0 Å². The third kappa shape index (κ3) is 4.18. The van der Waals surface area contributed by atoms with Gasteiger partial charge >= 0.3 is 0 Å². The number of rotatable bonds is 4. The van der Waals surface area contributed by atoms with Crippen molar-refractivity contribution in [3.63, 3.8) is 0 Å². The predicted molar refractivity (Wildman–Crippen MR) is 129 cm³/mol. The van der Waals surface area contributed by atoms with Gasteiger partial charge in [-0.3, -0.25) is 9.97 Å². The summed E-state index contributed by atoms with van der Waals surface area (Å²) < 4.78 is 0. The molecule has 1 unspecified atom stereocenters. The zero-order chi connectivity index (χ0) is 21.0. The summed E-state index contributed by atoms with van der Waals surface area (Å²) in [6, 6.07) is 15.2. The van der Waals surface area contributed by atoms with Gasteiger partial charge in [0.15, 0.2) is 0 Å². The number of fused-ring (bicyclic) bond motifs is 1. The van der Waals surface area contributed by atoms with E-state index in [0.29, 0.717) is 5.92 Å². The Hall–Kier alpha value is -3.20. The molecule has 1 atom stereocenters. The van der Waals surface area contributed by atoms with E-state index in [1.54, 1.807) is 5.57 Å². The highest BCUT2D eigenvalue weighted by molar-refractivity contribution is 5.83. The normalized spacial score (nSPS) is 18.0. The molecule has 3 heteroatoms. The number of piperidine rings is 1. The second-order valence-electron chi connectivity index (χ2n) is 8.63. The Morgan fingerprint density at radius 1 is 1.00 bits per heavy atom. The van der Waals surface area contributed by atoms with Gasteiger partial charge in [-0.1, -0.05) is 48.9 Å². The van der Waals surface area contributed by atoms with Crippen LogP contribution >= 0.6 is 0 Å². The van der Waals surface area contributed by atoms with E-state index in [1.165, 1.54) is 27.9 Å². The highest BCUT2D eigenvalue weighted by atomic mass is 15.1. The molecule has 5 rings (SSSR count). The first-order valence-electron chi connectivity index (χ1n) is 11.4. The van der Waals surface area contributed by atoms with Crippen LogP contribution in [-0.2, 0) is 6.42 Å². The molecule has 0 spiro atoms. The first kappa shape index (κ1) is 19.7. The summed E-state index contributed by atoms with van der Waals surface area (Å²) in [5.41, 5.74) is 9.31. The Balaban J connectivity index is 1.37. The van der Waals surface area contributed by atoms with E-state index in [1.807, 2.05) is 18.6 Å². The minimum atomic E-state index is 0.565.